The average Bonchev–Trinajstić information content (AvgIpc) is 2.92. The fourth-order valence-corrected chi connectivity index (χ4v) is 2.22. The minimum absolute atomic E-state index is 0.118. The SMILES string of the molecule is C[C@H](Cc1cnc[nH]1)NC(=O)CCCc1ccccc1. The molecule has 1 amide bonds. The second kappa shape index (κ2) is 7.48. The van der Waals surface area contributed by atoms with Crippen LogP contribution in [-0.2, 0) is 17.6 Å². The molecule has 0 unspecified atom stereocenters. The van der Waals surface area contributed by atoms with Gasteiger partial charge < -0.3 is 10.3 Å². The quantitative estimate of drug-likeness (QED) is 0.813. The molecule has 0 spiro atoms. The fraction of sp³-hybridized carbons (Fsp3) is 0.375. The highest BCUT2D eigenvalue weighted by molar-refractivity contribution is 5.76. The molecule has 0 aliphatic heterocycles. The molecular weight excluding hydrogens is 250 g/mol. The minimum Gasteiger partial charge on any atom is -0.353 e. The summed E-state index contributed by atoms with van der Waals surface area (Å²) < 4.78 is 0. The Labute approximate surface area is 119 Å². The van der Waals surface area contributed by atoms with Crippen molar-refractivity contribution in [2.45, 2.75) is 38.6 Å². The Kier molecular flexibility index (Phi) is 5.35. The fourth-order valence-electron chi connectivity index (χ4n) is 2.22. The molecule has 2 N–H and O–H groups in total. The highest BCUT2D eigenvalue weighted by atomic mass is 16.1. The van der Waals surface area contributed by atoms with Gasteiger partial charge >= 0.3 is 0 Å². The number of aryl methyl sites for hydroxylation is 1. The van der Waals surface area contributed by atoms with E-state index in [-0.39, 0.29) is 11.9 Å². The number of rotatable bonds is 7. The Morgan fingerprint density at radius 3 is 2.85 bits per heavy atom. The molecule has 4 heteroatoms. The van der Waals surface area contributed by atoms with E-state index in [9.17, 15) is 4.79 Å². The zero-order chi connectivity index (χ0) is 14.2. The summed E-state index contributed by atoms with van der Waals surface area (Å²) in [7, 11) is 0. The predicted octanol–water partition coefficient (Wildman–Crippen LogP) is 2.48. The van der Waals surface area contributed by atoms with Gasteiger partial charge in [-0.15, -0.1) is 0 Å². The monoisotopic (exact) mass is 271 g/mol. The Morgan fingerprint density at radius 2 is 2.15 bits per heavy atom. The van der Waals surface area contributed by atoms with Gasteiger partial charge in [-0.1, -0.05) is 30.3 Å². The first kappa shape index (κ1) is 14.3. The van der Waals surface area contributed by atoms with Gasteiger partial charge in [-0.3, -0.25) is 4.79 Å². The van der Waals surface area contributed by atoms with Crippen LogP contribution in [0.5, 0.6) is 0 Å². The van der Waals surface area contributed by atoms with Crippen LogP contribution in [0.1, 0.15) is 31.0 Å². The molecule has 106 valence electrons. The lowest BCUT2D eigenvalue weighted by Gasteiger charge is -2.12. The number of hydrogen-bond donors (Lipinski definition) is 2. The first-order valence-corrected chi connectivity index (χ1v) is 7.04. The number of carbonyl (C=O) groups excluding carboxylic acids is 1. The predicted molar refractivity (Wildman–Crippen MR) is 79.3 cm³/mol. The molecule has 2 rings (SSSR count). The number of carbonyl (C=O) groups is 1. The molecule has 20 heavy (non-hydrogen) atoms. The number of H-pyrrole nitrogens is 1. The van der Waals surface area contributed by atoms with Crippen LogP contribution in [0.3, 0.4) is 0 Å². The van der Waals surface area contributed by atoms with Crippen molar-refractivity contribution in [1.82, 2.24) is 15.3 Å². The zero-order valence-electron chi connectivity index (χ0n) is 11.8. The second-order valence-electron chi connectivity index (χ2n) is 5.09. The molecule has 0 radical (unpaired) electrons. The van der Waals surface area contributed by atoms with E-state index in [1.807, 2.05) is 25.1 Å². The van der Waals surface area contributed by atoms with Gasteiger partial charge in [-0.25, -0.2) is 4.98 Å². The maximum Gasteiger partial charge on any atom is 0.220 e. The minimum atomic E-state index is 0.118. The van der Waals surface area contributed by atoms with Gasteiger partial charge in [-0.05, 0) is 25.3 Å². The molecule has 1 atom stereocenters. The van der Waals surface area contributed by atoms with Crippen LogP contribution in [0.15, 0.2) is 42.9 Å². The van der Waals surface area contributed by atoms with Crippen LogP contribution < -0.4 is 5.32 Å². The molecule has 0 saturated carbocycles. The third-order valence-electron chi connectivity index (χ3n) is 3.20. The summed E-state index contributed by atoms with van der Waals surface area (Å²) in [4.78, 5) is 18.8. The number of benzene rings is 1. The summed E-state index contributed by atoms with van der Waals surface area (Å²) in [6.45, 7) is 2.01. The number of nitrogens with one attached hydrogen (secondary N) is 2. The first-order chi connectivity index (χ1) is 9.74. The van der Waals surface area contributed by atoms with Crippen molar-refractivity contribution in [2.24, 2.45) is 0 Å². The zero-order valence-corrected chi connectivity index (χ0v) is 11.8. The van der Waals surface area contributed by atoms with Crippen LogP contribution >= 0.6 is 0 Å². The average molecular weight is 271 g/mol. The van der Waals surface area contributed by atoms with Crippen molar-refractivity contribution in [2.75, 3.05) is 0 Å². The van der Waals surface area contributed by atoms with Crippen molar-refractivity contribution >= 4 is 5.91 Å². The van der Waals surface area contributed by atoms with Gasteiger partial charge in [0.15, 0.2) is 0 Å². The summed E-state index contributed by atoms with van der Waals surface area (Å²) in [6.07, 6.45) is 6.63. The third-order valence-corrected chi connectivity index (χ3v) is 3.20. The number of imidazole rings is 1. The van der Waals surface area contributed by atoms with Gasteiger partial charge in [0.05, 0.1) is 6.33 Å². The van der Waals surface area contributed by atoms with Crippen molar-refractivity contribution in [1.29, 1.82) is 0 Å². The molecule has 1 aromatic heterocycles. The summed E-state index contributed by atoms with van der Waals surface area (Å²) >= 11 is 0. The standard InChI is InChI=1S/C16H21N3O/c1-13(10-15-11-17-12-18-15)19-16(20)9-5-8-14-6-3-2-4-7-14/h2-4,6-7,11-13H,5,8-10H2,1H3,(H,17,18)(H,19,20)/t13-/m1/s1. The topological polar surface area (TPSA) is 57.8 Å². The number of aromatic amines is 1. The Hall–Kier alpha value is -2.10. The van der Waals surface area contributed by atoms with E-state index in [1.54, 1.807) is 12.5 Å². The van der Waals surface area contributed by atoms with E-state index in [4.69, 9.17) is 0 Å². The Bertz CT molecular complexity index is 508. The molecule has 0 aliphatic carbocycles. The molecule has 0 bridgehead atoms. The maximum absolute atomic E-state index is 11.8. The lowest BCUT2D eigenvalue weighted by atomic mass is 10.1. The highest BCUT2D eigenvalue weighted by Crippen LogP contribution is 2.05. The summed E-state index contributed by atoms with van der Waals surface area (Å²) in [5, 5.41) is 3.02. The third kappa shape index (κ3) is 4.88. The van der Waals surface area contributed by atoms with Gasteiger partial charge in [0, 0.05) is 30.8 Å². The molecular formula is C16H21N3O. The lowest BCUT2D eigenvalue weighted by Crippen LogP contribution is -2.34. The molecule has 2 aromatic rings. The lowest BCUT2D eigenvalue weighted by molar-refractivity contribution is -0.121. The maximum atomic E-state index is 11.8. The van der Waals surface area contributed by atoms with Crippen LogP contribution in [0.2, 0.25) is 0 Å². The van der Waals surface area contributed by atoms with Crippen molar-refractivity contribution in [3.8, 4) is 0 Å². The van der Waals surface area contributed by atoms with E-state index in [2.05, 4.69) is 27.4 Å². The molecule has 4 nitrogen and oxygen atoms in total. The van der Waals surface area contributed by atoms with Gasteiger partial charge in [0.1, 0.15) is 0 Å². The molecule has 0 fully saturated rings. The summed E-state index contributed by atoms with van der Waals surface area (Å²) in [6, 6.07) is 10.4. The van der Waals surface area contributed by atoms with Gasteiger partial charge in [-0.2, -0.15) is 0 Å². The van der Waals surface area contributed by atoms with Gasteiger partial charge in [0.25, 0.3) is 0 Å². The summed E-state index contributed by atoms with van der Waals surface area (Å²) in [5.74, 6) is 0.118. The Balaban J connectivity index is 1.65. The number of aromatic nitrogens is 2. The van der Waals surface area contributed by atoms with E-state index < -0.39 is 0 Å². The van der Waals surface area contributed by atoms with Crippen molar-refractivity contribution < 1.29 is 4.79 Å². The van der Waals surface area contributed by atoms with Crippen molar-refractivity contribution in [3.05, 3.63) is 54.1 Å². The summed E-state index contributed by atoms with van der Waals surface area (Å²) in [5.41, 5.74) is 2.33. The van der Waals surface area contributed by atoms with E-state index in [0.29, 0.717) is 6.42 Å². The van der Waals surface area contributed by atoms with Gasteiger partial charge in [0.2, 0.25) is 5.91 Å². The Morgan fingerprint density at radius 1 is 1.35 bits per heavy atom. The highest BCUT2D eigenvalue weighted by Gasteiger charge is 2.08. The van der Waals surface area contributed by atoms with Crippen LogP contribution in [0, 0.1) is 0 Å². The number of nitrogens with zero attached hydrogens (tertiary/aromatic N) is 1. The number of hydrogen-bond acceptors (Lipinski definition) is 2. The molecule has 1 aromatic carbocycles. The largest absolute Gasteiger partial charge is 0.353 e. The smallest absolute Gasteiger partial charge is 0.220 e. The van der Waals surface area contributed by atoms with E-state index >= 15 is 0 Å². The normalized spacial score (nSPS) is 12.1. The van der Waals surface area contributed by atoms with E-state index in [0.717, 1.165) is 25.0 Å². The first-order valence-electron chi connectivity index (χ1n) is 7.04. The van der Waals surface area contributed by atoms with Crippen molar-refractivity contribution in [3.63, 3.8) is 0 Å². The van der Waals surface area contributed by atoms with Crippen LogP contribution in [-0.4, -0.2) is 21.9 Å². The van der Waals surface area contributed by atoms with Crippen LogP contribution in [0.4, 0.5) is 0 Å². The molecule has 0 aliphatic rings. The molecule has 1 heterocycles. The molecule has 0 saturated heterocycles. The number of amides is 1. The van der Waals surface area contributed by atoms with E-state index in [1.165, 1.54) is 5.56 Å². The second-order valence-corrected chi connectivity index (χ2v) is 5.09. The van der Waals surface area contributed by atoms with Crippen LogP contribution in [0.25, 0.3) is 0 Å².